The fourth-order valence-electron chi connectivity index (χ4n) is 2.05. The molecule has 6 nitrogen and oxygen atoms in total. The SMILES string of the molecule is CC(C)c1cccc(Nc2nc(N)nc3nc[nH]c23)c1. The zero-order valence-corrected chi connectivity index (χ0v) is 11.4. The van der Waals surface area contributed by atoms with Crippen LogP contribution in [-0.4, -0.2) is 19.9 Å². The zero-order valence-electron chi connectivity index (χ0n) is 11.4. The summed E-state index contributed by atoms with van der Waals surface area (Å²) in [7, 11) is 0. The molecule has 4 N–H and O–H groups in total. The van der Waals surface area contributed by atoms with Crippen LogP contribution in [0.1, 0.15) is 25.3 Å². The third kappa shape index (κ3) is 2.27. The smallest absolute Gasteiger partial charge is 0.224 e. The molecule has 0 fully saturated rings. The summed E-state index contributed by atoms with van der Waals surface area (Å²) in [5, 5.41) is 3.27. The minimum atomic E-state index is 0.201. The van der Waals surface area contributed by atoms with Crippen LogP contribution in [0.5, 0.6) is 0 Å². The normalized spacial score (nSPS) is 11.2. The van der Waals surface area contributed by atoms with Gasteiger partial charge < -0.3 is 16.0 Å². The first kappa shape index (κ1) is 12.4. The second-order valence-electron chi connectivity index (χ2n) is 4.94. The molecule has 2 aromatic heterocycles. The van der Waals surface area contributed by atoms with Crippen molar-refractivity contribution in [1.29, 1.82) is 0 Å². The van der Waals surface area contributed by atoms with Gasteiger partial charge in [0.05, 0.1) is 6.33 Å². The molecule has 0 radical (unpaired) electrons. The molecule has 1 aromatic carbocycles. The number of nitrogens with two attached hydrogens (primary N) is 1. The number of nitrogens with one attached hydrogen (secondary N) is 2. The van der Waals surface area contributed by atoms with Crippen molar-refractivity contribution in [3.8, 4) is 0 Å². The molecule has 0 saturated carbocycles. The van der Waals surface area contributed by atoms with Crippen molar-refractivity contribution in [2.24, 2.45) is 0 Å². The summed E-state index contributed by atoms with van der Waals surface area (Å²) in [6.45, 7) is 4.32. The van der Waals surface area contributed by atoms with Crippen molar-refractivity contribution >= 4 is 28.6 Å². The largest absolute Gasteiger partial charge is 0.368 e. The number of nitrogens with zero attached hydrogens (tertiary/aromatic N) is 3. The van der Waals surface area contributed by atoms with Gasteiger partial charge in [-0.3, -0.25) is 0 Å². The van der Waals surface area contributed by atoms with Gasteiger partial charge in [0, 0.05) is 5.69 Å². The summed E-state index contributed by atoms with van der Waals surface area (Å²) in [5.41, 5.74) is 9.22. The summed E-state index contributed by atoms with van der Waals surface area (Å²) >= 11 is 0. The van der Waals surface area contributed by atoms with E-state index < -0.39 is 0 Å². The number of benzene rings is 1. The lowest BCUT2D eigenvalue weighted by atomic mass is 10.0. The highest BCUT2D eigenvalue weighted by atomic mass is 15.1. The van der Waals surface area contributed by atoms with Crippen LogP contribution in [0.3, 0.4) is 0 Å². The fourth-order valence-corrected chi connectivity index (χ4v) is 2.05. The van der Waals surface area contributed by atoms with E-state index in [1.165, 1.54) is 5.56 Å². The predicted octanol–water partition coefficient (Wildman–Crippen LogP) is 2.80. The fraction of sp³-hybridized carbons (Fsp3) is 0.214. The molecule has 0 bridgehead atoms. The molecule has 6 heteroatoms. The van der Waals surface area contributed by atoms with Crippen LogP contribution in [0.25, 0.3) is 11.2 Å². The number of rotatable bonds is 3. The van der Waals surface area contributed by atoms with E-state index in [0.29, 0.717) is 17.4 Å². The minimum Gasteiger partial charge on any atom is -0.368 e. The highest BCUT2D eigenvalue weighted by Crippen LogP contribution is 2.24. The summed E-state index contributed by atoms with van der Waals surface area (Å²) in [6, 6.07) is 8.22. The van der Waals surface area contributed by atoms with Crippen molar-refractivity contribution in [2.45, 2.75) is 19.8 Å². The lowest BCUT2D eigenvalue weighted by Gasteiger charge is -2.10. The number of H-pyrrole nitrogens is 1. The lowest BCUT2D eigenvalue weighted by molar-refractivity contribution is 0.867. The Bertz CT molecular complexity index is 746. The summed E-state index contributed by atoms with van der Waals surface area (Å²) in [5.74, 6) is 1.30. The maximum Gasteiger partial charge on any atom is 0.224 e. The van der Waals surface area contributed by atoms with Crippen LogP contribution in [0.15, 0.2) is 30.6 Å². The Balaban J connectivity index is 2.00. The van der Waals surface area contributed by atoms with Gasteiger partial charge in [0.2, 0.25) is 5.95 Å². The van der Waals surface area contributed by atoms with E-state index in [4.69, 9.17) is 5.73 Å². The Hall–Kier alpha value is -2.63. The summed E-state index contributed by atoms with van der Waals surface area (Å²) in [4.78, 5) is 15.4. The van der Waals surface area contributed by atoms with Crippen LogP contribution >= 0.6 is 0 Å². The number of fused-ring (bicyclic) bond motifs is 1. The Morgan fingerprint density at radius 2 is 2.10 bits per heavy atom. The van der Waals surface area contributed by atoms with Crippen molar-refractivity contribution < 1.29 is 0 Å². The molecule has 102 valence electrons. The second kappa shape index (κ2) is 4.80. The summed E-state index contributed by atoms with van der Waals surface area (Å²) < 4.78 is 0. The Labute approximate surface area is 116 Å². The van der Waals surface area contributed by atoms with Crippen molar-refractivity contribution in [2.75, 3.05) is 11.1 Å². The molecule has 20 heavy (non-hydrogen) atoms. The van der Waals surface area contributed by atoms with E-state index in [0.717, 1.165) is 11.2 Å². The van der Waals surface area contributed by atoms with E-state index in [9.17, 15) is 0 Å². The van der Waals surface area contributed by atoms with Crippen molar-refractivity contribution in [1.82, 2.24) is 19.9 Å². The van der Waals surface area contributed by atoms with Crippen LogP contribution in [0.2, 0.25) is 0 Å². The van der Waals surface area contributed by atoms with Gasteiger partial charge in [-0.25, -0.2) is 4.98 Å². The topological polar surface area (TPSA) is 92.5 Å². The molecule has 0 amide bonds. The molecule has 3 rings (SSSR count). The first-order chi connectivity index (χ1) is 9.63. The molecule has 0 saturated heterocycles. The Kier molecular flexibility index (Phi) is 2.98. The van der Waals surface area contributed by atoms with Gasteiger partial charge in [-0.2, -0.15) is 9.97 Å². The maximum absolute atomic E-state index is 5.70. The van der Waals surface area contributed by atoms with E-state index in [1.54, 1.807) is 6.33 Å². The van der Waals surface area contributed by atoms with Crippen LogP contribution in [0.4, 0.5) is 17.5 Å². The lowest BCUT2D eigenvalue weighted by Crippen LogP contribution is -2.01. The van der Waals surface area contributed by atoms with Gasteiger partial charge in [0.1, 0.15) is 5.52 Å². The second-order valence-corrected chi connectivity index (χ2v) is 4.94. The van der Waals surface area contributed by atoms with E-state index in [1.807, 2.05) is 12.1 Å². The van der Waals surface area contributed by atoms with E-state index in [2.05, 4.69) is 51.2 Å². The molecule has 2 heterocycles. The van der Waals surface area contributed by atoms with Crippen molar-refractivity contribution in [3.63, 3.8) is 0 Å². The van der Waals surface area contributed by atoms with Crippen molar-refractivity contribution in [3.05, 3.63) is 36.2 Å². The number of aromatic amines is 1. The van der Waals surface area contributed by atoms with Gasteiger partial charge in [0.25, 0.3) is 0 Å². The standard InChI is InChI=1S/C14H16N6/c1-8(2)9-4-3-5-10(6-9)18-13-11-12(17-7-16-11)19-14(15)20-13/h3-8H,1-2H3,(H4,15,16,17,18,19,20). The number of imidazole rings is 1. The van der Waals surface area contributed by atoms with Gasteiger partial charge in [-0.1, -0.05) is 26.0 Å². The van der Waals surface area contributed by atoms with Crippen LogP contribution in [-0.2, 0) is 0 Å². The monoisotopic (exact) mass is 268 g/mol. The average Bonchev–Trinajstić information content (AvgIpc) is 2.87. The molecule has 0 atom stereocenters. The Morgan fingerprint density at radius 3 is 2.90 bits per heavy atom. The summed E-state index contributed by atoms with van der Waals surface area (Å²) in [6.07, 6.45) is 1.58. The number of hydrogen-bond donors (Lipinski definition) is 3. The van der Waals surface area contributed by atoms with Crippen LogP contribution in [0, 0.1) is 0 Å². The molecular formula is C14H16N6. The highest BCUT2D eigenvalue weighted by molar-refractivity contribution is 5.85. The third-order valence-electron chi connectivity index (χ3n) is 3.12. The number of aromatic nitrogens is 4. The minimum absolute atomic E-state index is 0.201. The molecule has 0 aliphatic carbocycles. The van der Waals surface area contributed by atoms with Gasteiger partial charge in [-0.15, -0.1) is 0 Å². The van der Waals surface area contributed by atoms with Gasteiger partial charge in [0.15, 0.2) is 11.5 Å². The quantitative estimate of drug-likeness (QED) is 0.679. The molecule has 3 aromatic rings. The molecular weight excluding hydrogens is 252 g/mol. The highest BCUT2D eigenvalue weighted by Gasteiger charge is 2.09. The average molecular weight is 268 g/mol. The number of hydrogen-bond acceptors (Lipinski definition) is 5. The number of nitrogen functional groups attached to an aromatic ring is 1. The molecule has 0 unspecified atom stereocenters. The van der Waals surface area contributed by atoms with Gasteiger partial charge in [-0.05, 0) is 23.6 Å². The van der Waals surface area contributed by atoms with Crippen LogP contribution < -0.4 is 11.1 Å². The number of anilines is 3. The van der Waals surface area contributed by atoms with E-state index >= 15 is 0 Å². The molecule has 0 spiro atoms. The Morgan fingerprint density at radius 1 is 1.25 bits per heavy atom. The third-order valence-corrected chi connectivity index (χ3v) is 3.12. The first-order valence-corrected chi connectivity index (χ1v) is 6.47. The molecule has 0 aliphatic heterocycles. The first-order valence-electron chi connectivity index (χ1n) is 6.47. The van der Waals surface area contributed by atoms with Gasteiger partial charge >= 0.3 is 0 Å². The molecule has 0 aliphatic rings. The predicted molar refractivity (Wildman–Crippen MR) is 79.9 cm³/mol. The maximum atomic E-state index is 5.70. The zero-order chi connectivity index (χ0) is 14.1. The van der Waals surface area contributed by atoms with E-state index in [-0.39, 0.29) is 5.95 Å².